The maximum Gasteiger partial charge on any atom is 0.407 e. The molecule has 0 fully saturated rings. The third kappa shape index (κ3) is 6.24. The van der Waals surface area contributed by atoms with Gasteiger partial charge >= 0.3 is 6.09 Å². The van der Waals surface area contributed by atoms with Crippen molar-refractivity contribution in [2.75, 3.05) is 6.54 Å². The average molecular weight is 255 g/mol. The molecule has 18 heavy (non-hydrogen) atoms. The number of ether oxygens (including phenoxy) is 1. The van der Waals surface area contributed by atoms with Crippen molar-refractivity contribution in [2.24, 2.45) is 0 Å². The number of nitrogens with one attached hydrogen (secondary N) is 2. The van der Waals surface area contributed by atoms with Gasteiger partial charge in [0.1, 0.15) is 11.4 Å². The second-order valence-electron chi connectivity index (χ2n) is 5.14. The van der Waals surface area contributed by atoms with E-state index in [4.69, 9.17) is 9.26 Å². The molecule has 0 aliphatic carbocycles. The molecular formula is C12H21N3O3. The number of carbonyl (C=O) groups is 1. The molecule has 0 saturated heterocycles. The lowest BCUT2D eigenvalue weighted by Gasteiger charge is -2.21. The molecule has 1 unspecified atom stereocenters. The van der Waals surface area contributed by atoms with E-state index in [9.17, 15) is 4.79 Å². The maximum absolute atomic E-state index is 11.4. The van der Waals surface area contributed by atoms with Crippen LogP contribution in [0, 0.1) is 0 Å². The van der Waals surface area contributed by atoms with Crippen LogP contribution in [0.25, 0.3) is 0 Å². The molecule has 1 amide bonds. The molecule has 1 atom stereocenters. The van der Waals surface area contributed by atoms with E-state index in [2.05, 4.69) is 15.8 Å². The summed E-state index contributed by atoms with van der Waals surface area (Å²) in [4.78, 5) is 11.4. The molecule has 0 aliphatic rings. The van der Waals surface area contributed by atoms with E-state index in [1.165, 1.54) is 0 Å². The largest absolute Gasteiger partial charge is 0.444 e. The van der Waals surface area contributed by atoms with Crippen LogP contribution in [0.1, 0.15) is 33.5 Å². The molecule has 1 aromatic heterocycles. The molecule has 0 saturated carbocycles. The predicted octanol–water partition coefficient (Wildman–Crippen LogP) is 1.68. The Balaban J connectivity index is 2.17. The van der Waals surface area contributed by atoms with Crippen molar-refractivity contribution in [1.82, 2.24) is 15.8 Å². The van der Waals surface area contributed by atoms with Crippen LogP contribution in [0.5, 0.6) is 0 Å². The fourth-order valence-corrected chi connectivity index (χ4v) is 1.23. The molecule has 0 aromatic carbocycles. The minimum Gasteiger partial charge on any atom is -0.444 e. The standard InChI is InChI=1S/C12H21N3O3/c1-9(13-8-10-5-6-15-18-10)7-14-11(16)17-12(2,3)4/h5-6,9,13H,7-8H2,1-4H3,(H,14,16). The Morgan fingerprint density at radius 2 is 2.28 bits per heavy atom. The predicted molar refractivity (Wildman–Crippen MR) is 67.0 cm³/mol. The molecule has 0 spiro atoms. The molecule has 1 aromatic rings. The molecule has 6 nitrogen and oxygen atoms in total. The lowest BCUT2D eigenvalue weighted by molar-refractivity contribution is 0.0523. The number of hydrogen-bond acceptors (Lipinski definition) is 5. The van der Waals surface area contributed by atoms with Gasteiger partial charge in [-0.3, -0.25) is 0 Å². The Morgan fingerprint density at radius 1 is 1.56 bits per heavy atom. The first-order valence-electron chi connectivity index (χ1n) is 5.96. The van der Waals surface area contributed by atoms with Crippen LogP contribution < -0.4 is 10.6 Å². The van der Waals surface area contributed by atoms with Crippen LogP contribution in [0.15, 0.2) is 16.8 Å². The van der Waals surface area contributed by atoms with Crippen molar-refractivity contribution in [3.8, 4) is 0 Å². The summed E-state index contributed by atoms with van der Waals surface area (Å²) < 4.78 is 10.1. The summed E-state index contributed by atoms with van der Waals surface area (Å²) in [6.45, 7) is 8.53. The smallest absolute Gasteiger partial charge is 0.407 e. The minimum atomic E-state index is -0.472. The Labute approximate surface area is 107 Å². The van der Waals surface area contributed by atoms with E-state index in [0.717, 1.165) is 5.76 Å². The van der Waals surface area contributed by atoms with Crippen LogP contribution in [0.2, 0.25) is 0 Å². The van der Waals surface area contributed by atoms with Crippen molar-refractivity contribution in [2.45, 2.75) is 45.9 Å². The van der Waals surface area contributed by atoms with Gasteiger partial charge in [-0.25, -0.2) is 4.79 Å². The molecular weight excluding hydrogens is 234 g/mol. The second kappa shape index (κ2) is 6.39. The van der Waals surface area contributed by atoms with Gasteiger partial charge in [0, 0.05) is 18.7 Å². The van der Waals surface area contributed by atoms with Gasteiger partial charge < -0.3 is 19.9 Å². The summed E-state index contributed by atoms with van der Waals surface area (Å²) in [7, 11) is 0. The van der Waals surface area contributed by atoms with Gasteiger partial charge in [0.25, 0.3) is 0 Å². The first-order chi connectivity index (χ1) is 8.37. The monoisotopic (exact) mass is 255 g/mol. The summed E-state index contributed by atoms with van der Waals surface area (Å²) >= 11 is 0. The van der Waals surface area contributed by atoms with Crippen molar-refractivity contribution in [3.05, 3.63) is 18.0 Å². The third-order valence-corrected chi connectivity index (χ3v) is 2.07. The van der Waals surface area contributed by atoms with E-state index in [1.807, 2.05) is 27.7 Å². The maximum atomic E-state index is 11.4. The molecule has 1 rings (SSSR count). The molecule has 1 heterocycles. The van der Waals surface area contributed by atoms with Crippen LogP contribution in [-0.4, -0.2) is 29.4 Å². The summed E-state index contributed by atoms with van der Waals surface area (Å²) in [6, 6.07) is 1.91. The minimum absolute atomic E-state index is 0.114. The summed E-state index contributed by atoms with van der Waals surface area (Å²) in [5.74, 6) is 0.763. The van der Waals surface area contributed by atoms with Gasteiger partial charge in [0.15, 0.2) is 0 Å². The van der Waals surface area contributed by atoms with Crippen molar-refractivity contribution in [3.63, 3.8) is 0 Å². The van der Waals surface area contributed by atoms with E-state index >= 15 is 0 Å². The zero-order chi connectivity index (χ0) is 13.6. The Bertz CT molecular complexity index is 357. The van der Waals surface area contributed by atoms with E-state index in [0.29, 0.717) is 13.1 Å². The highest BCUT2D eigenvalue weighted by Gasteiger charge is 2.16. The van der Waals surface area contributed by atoms with Crippen LogP contribution in [0.3, 0.4) is 0 Å². The molecule has 6 heteroatoms. The molecule has 0 bridgehead atoms. The number of nitrogens with zero attached hydrogens (tertiary/aromatic N) is 1. The first kappa shape index (κ1) is 14.5. The van der Waals surface area contributed by atoms with E-state index < -0.39 is 11.7 Å². The van der Waals surface area contributed by atoms with Gasteiger partial charge in [0.05, 0.1) is 12.7 Å². The van der Waals surface area contributed by atoms with Crippen LogP contribution in [-0.2, 0) is 11.3 Å². The average Bonchev–Trinajstić information content (AvgIpc) is 2.74. The first-order valence-corrected chi connectivity index (χ1v) is 5.96. The number of carbonyl (C=O) groups excluding carboxylic acids is 1. The summed E-state index contributed by atoms with van der Waals surface area (Å²) in [5, 5.41) is 9.51. The molecule has 2 N–H and O–H groups in total. The highest BCUT2D eigenvalue weighted by Crippen LogP contribution is 2.06. The van der Waals surface area contributed by atoms with Gasteiger partial charge in [-0.2, -0.15) is 0 Å². The zero-order valence-corrected chi connectivity index (χ0v) is 11.3. The Kier molecular flexibility index (Phi) is 5.15. The van der Waals surface area contributed by atoms with Crippen LogP contribution in [0.4, 0.5) is 4.79 Å². The van der Waals surface area contributed by atoms with E-state index in [1.54, 1.807) is 12.3 Å². The fourth-order valence-electron chi connectivity index (χ4n) is 1.23. The van der Waals surface area contributed by atoms with Crippen molar-refractivity contribution >= 4 is 6.09 Å². The summed E-state index contributed by atoms with van der Waals surface area (Å²) in [5.41, 5.74) is -0.472. The Morgan fingerprint density at radius 3 is 2.83 bits per heavy atom. The quantitative estimate of drug-likeness (QED) is 0.837. The highest BCUT2D eigenvalue weighted by atomic mass is 16.6. The number of rotatable bonds is 5. The van der Waals surface area contributed by atoms with Gasteiger partial charge in [-0.1, -0.05) is 5.16 Å². The number of aromatic nitrogens is 1. The lowest BCUT2D eigenvalue weighted by atomic mass is 10.2. The number of amides is 1. The molecule has 102 valence electrons. The molecule has 0 radical (unpaired) electrons. The van der Waals surface area contributed by atoms with Gasteiger partial charge in [-0.05, 0) is 27.7 Å². The SMILES string of the molecule is CC(CNC(=O)OC(C)(C)C)NCc1ccno1. The summed E-state index contributed by atoms with van der Waals surface area (Å²) in [6.07, 6.45) is 1.19. The van der Waals surface area contributed by atoms with Crippen molar-refractivity contribution < 1.29 is 14.1 Å². The fraction of sp³-hybridized carbons (Fsp3) is 0.667. The zero-order valence-electron chi connectivity index (χ0n) is 11.3. The lowest BCUT2D eigenvalue weighted by Crippen LogP contribution is -2.40. The Hall–Kier alpha value is -1.56. The molecule has 0 aliphatic heterocycles. The van der Waals surface area contributed by atoms with E-state index in [-0.39, 0.29) is 6.04 Å². The van der Waals surface area contributed by atoms with Gasteiger partial charge in [0.2, 0.25) is 0 Å². The van der Waals surface area contributed by atoms with Crippen LogP contribution >= 0.6 is 0 Å². The third-order valence-electron chi connectivity index (χ3n) is 2.07. The number of alkyl carbamates (subject to hydrolysis) is 1. The van der Waals surface area contributed by atoms with Gasteiger partial charge in [-0.15, -0.1) is 0 Å². The van der Waals surface area contributed by atoms with Crippen molar-refractivity contribution in [1.29, 1.82) is 0 Å². The highest BCUT2D eigenvalue weighted by molar-refractivity contribution is 5.67. The number of hydrogen-bond donors (Lipinski definition) is 2. The second-order valence-corrected chi connectivity index (χ2v) is 5.14. The topological polar surface area (TPSA) is 76.4 Å². The normalized spacial score (nSPS) is 13.1.